The van der Waals surface area contributed by atoms with Gasteiger partial charge in [0, 0.05) is 19.1 Å². The van der Waals surface area contributed by atoms with Crippen LogP contribution in [0.2, 0.25) is 0 Å². The van der Waals surface area contributed by atoms with Gasteiger partial charge >= 0.3 is 0 Å². The number of nitrogens with zero attached hydrogens (tertiary/aromatic N) is 1. The highest BCUT2D eigenvalue weighted by Crippen LogP contribution is 2.21. The molecule has 1 heterocycles. The molecule has 0 spiro atoms. The van der Waals surface area contributed by atoms with Gasteiger partial charge in [-0.3, -0.25) is 4.90 Å². The van der Waals surface area contributed by atoms with Crippen molar-refractivity contribution >= 4 is 0 Å². The second-order valence-electron chi connectivity index (χ2n) is 4.38. The van der Waals surface area contributed by atoms with E-state index in [4.69, 9.17) is 4.74 Å². The van der Waals surface area contributed by atoms with Crippen LogP contribution in [0.4, 0.5) is 4.39 Å². The van der Waals surface area contributed by atoms with Crippen LogP contribution in [0, 0.1) is 0 Å². The summed E-state index contributed by atoms with van der Waals surface area (Å²) in [6.07, 6.45) is 1.45. The second-order valence-corrected chi connectivity index (χ2v) is 4.38. The van der Waals surface area contributed by atoms with Crippen molar-refractivity contribution in [3.8, 4) is 0 Å². The van der Waals surface area contributed by atoms with Gasteiger partial charge in [-0.2, -0.15) is 0 Å². The molecule has 82 valence electrons. The van der Waals surface area contributed by atoms with Crippen LogP contribution in [-0.4, -0.2) is 42.4 Å². The van der Waals surface area contributed by atoms with Gasteiger partial charge in [0.05, 0.1) is 12.7 Å². The SMILES string of the molecule is C=C[C@@]1(F)CO[C@@H](C)CN(C(C)C)C1. The molecule has 0 aromatic carbocycles. The molecule has 0 radical (unpaired) electrons. The van der Waals surface area contributed by atoms with Gasteiger partial charge in [-0.05, 0) is 20.8 Å². The molecule has 14 heavy (non-hydrogen) atoms. The largest absolute Gasteiger partial charge is 0.373 e. The Morgan fingerprint density at radius 3 is 2.79 bits per heavy atom. The van der Waals surface area contributed by atoms with Gasteiger partial charge < -0.3 is 4.74 Å². The lowest BCUT2D eigenvalue weighted by Crippen LogP contribution is -2.43. The molecule has 3 heteroatoms. The van der Waals surface area contributed by atoms with Crippen LogP contribution in [0.1, 0.15) is 20.8 Å². The summed E-state index contributed by atoms with van der Waals surface area (Å²) in [5.74, 6) is 0. The maximum Gasteiger partial charge on any atom is 0.164 e. The standard InChI is InChI=1S/C11H20FNO/c1-5-11(12)7-13(9(2)3)6-10(4)14-8-11/h5,9-10H,1,6-8H2,2-4H3/t10-,11-/m0/s1. The van der Waals surface area contributed by atoms with Crippen molar-refractivity contribution in [3.05, 3.63) is 12.7 Å². The third-order valence-corrected chi connectivity index (χ3v) is 2.66. The fraction of sp³-hybridized carbons (Fsp3) is 0.818. The molecule has 0 aliphatic carbocycles. The highest BCUT2D eigenvalue weighted by atomic mass is 19.1. The maximum atomic E-state index is 14.1. The number of ether oxygens (including phenoxy) is 1. The molecule has 1 saturated heterocycles. The molecular formula is C11H20FNO. The molecule has 0 bridgehead atoms. The molecular weight excluding hydrogens is 181 g/mol. The normalized spacial score (nSPS) is 35.6. The summed E-state index contributed by atoms with van der Waals surface area (Å²) in [5.41, 5.74) is -1.39. The van der Waals surface area contributed by atoms with E-state index in [0.29, 0.717) is 12.6 Å². The van der Waals surface area contributed by atoms with E-state index in [1.807, 2.05) is 6.92 Å². The Kier molecular flexibility index (Phi) is 3.67. The lowest BCUT2D eigenvalue weighted by molar-refractivity contribution is 0.0246. The van der Waals surface area contributed by atoms with E-state index >= 15 is 0 Å². The lowest BCUT2D eigenvalue weighted by atomic mass is 10.1. The second kappa shape index (κ2) is 4.41. The lowest BCUT2D eigenvalue weighted by Gasteiger charge is -2.29. The van der Waals surface area contributed by atoms with E-state index in [0.717, 1.165) is 6.54 Å². The van der Waals surface area contributed by atoms with E-state index in [1.165, 1.54) is 6.08 Å². The molecule has 2 atom stereocenters. The molecule has 0 N–H and O–H groups in total. The summed E-state index contributed by atoms with van der Waals surface area (Å²) in [4.78, 5) is 2.10. The fourth-order valence-electron chi connectivity index (χ4n) is 1.63. The van der Waals surface area contributed by atoms with Crippen molar-refractivity contribution in [2.45, 2.75) is 38.6 Å². The predicted octanol–water partition coefficient (Wildman–Crippen LogP) is 2.01. The molecule has 0 unspecified atom stereocenters. The molecule has 1 aliphatic heterocycles. The van der Waals surface area contributed by atoms with Gasteiger partial charge in [0.25, 0.3) is 0 Å². The Morgan fingerprint density at radius 2 is 2.29 bits per heavy atom. The van der Waals surface area contributed by atoms with Crippen molar-refractivity contribution in [2.75, 3.05) is 19.7 Å². The summed E-state index contributed by atoms with van der Waals surface area (Å²) < 4.78 is 19.5. The summed E-state index contributed by atoms with van der Waals surface area (Å²) >= 11 is 0. The van der Waals surface area contributed by atoms with Gasteiger partial charge in [0.15, 0.2) is 5.67 Å². The molecule has 0 saturated carbocycles. The summed E-state index contributed by atoms with van der Waals surface area (Å²) in [5, 5.41) is 0. The molecule has 0 aromatic heterocycles. The van der Waals surface area contributed by atoms with Crippen molar-refractivity contribution in [3.63, 3.8) is 0 Å². The van der Waals surface area contributed by atoms with Crippen molar-refractivity contribution < 1.29 is 9.13 Å². The van der Waals surface area contributed by atoms with Crippen molar-refractivity contribution in [1.29, 1.82) is 0 Å². The minimum atomic E-state index is -1.39. The average Bonchev–Trinajstić information content (AvgIpc) is 2.27. The summed E-state index contributed by atoms with van der Waals surface area (Å²) in [6, 6.07) is 0.342. The molecule has 0 aromatic rings. The van der Waals surface area contributed by atoms with E-state index in [1.54, 1.807) is 0 Å². The number of hydrogen-bond donors (Lipinski definition) is 0. The van der Waals surface area contributed by atoms with E-state index in [-0.39, 0.29) is 12.7 Å². The first-order chi connectivity index (χ1) is 6.47. The average molecular weight is 201 g/mol. The third-order valence-electron chi connectivity index (χ3n) is 2.66. The molecule has 1 aliphatic rings. The fourth-order valence-corrected chi connectivity index (χ4v) is 1.63. The summed E-state index contributed by atoms with van der Waals surface area (Å²) in [6.45, 7) is 11.0. The first kappa shape index (κ1) is 11.7. The smallest absolute Gasteiger partial charge is 0.164 e. The quantitative estimate of drug-likeness (QED) is 0.634. The van der Waals surface area contributed by atoms with Crippen LogP contribution in [0.3, 0.4) is 0 Å². The third kappa shape index (κ3) is 2.79. The number of alkyl halides is 1. The zero-order valence-corrected chi connectivity index (χ0v) is 9.29. The monoisotopic (exact) mass is 201 g/mol. The van der Waals surface area contributed by atoms with Gasteiger partial charge in [-0.25, -0.2) is 4.39 Å². The van der Waals surface area contributed by atoms with Crippen LogP contribution >= 0.6 is 0 Å². The summed E-state index contributed by atoms with van der Waals surface area (Å²) in [7, 11) is 0. The van der Waals surface area contributed by atoms with E-state index in [2.05, 4.69) is 25.3 Å². The zero-order chi connectivity index (χ0) is 10.8. The molecule has 1 rings (SSSR count). The number of rotatable bonds is 2. The first-order valence-electron chi connectivity index (χ1n) is 5.15. The molecule has 2 nitrogen and oxygen atoms in total. The van der Waals surface area contributed by atoms with E-state index < -0.39 is 5.67 Å². The molecule has 0 amide bonds. The maximum absolute atomic E-state index is 14.1. The highest BCUT2D eigenvalue weighted by molar-refractivity contribution is 5.00. The predicted molar refractivity (Wildman–Crippen MR) is 56.2 cm³/mol. The van der Waals surface area contributed by atoms with Gasteiger partial charge in [0.2, 0.25) is 0 Å². The Morgan fingerprint density at radius 1 is 1.64 bits per heavy atom. The van der Waals surface area contributed by atoms with Crippen LogP contribution in [-0.2, 0) is 4.74 Å². The Hall–Kier alpha value is -0.410. The zero-order valence-electron chi connectivity index (χ0n) is 9.29. The first-order valence-corrected chi connectivity index (χ1v) is 5.15. The van der Waals surface area contributed by atoms with Crippen LogP contribution in [0.5, 0.6) is 0 Å². The molecule has 1 fully saturated rings. The van der Waals surface area contributed by atoms with Crippen LogP contribution in [0.15, 0.2) is 12.7 Å². The topological polar surface area (TPSA) is 12.5 Å². The van der Waals surface area contributed by atoms with Crippen molar-refractivity contribution in [1.82, 2.24) is 4.90 Å². The van der Waals surface area contributed by atoms with Gasteiger partial charge in [-0.15, -0.1) is 0 Å². The van der Waals surface area contributed by atoms with Crippen molar-refractivity contribution in [2.24, 2.45) is 0 Å². The van der Waals surface area contributed by atoms with Gasteiger partial charge in [-0.1, -0.05) is 12.7 Å². The van der Waals surface area contributed by atoms with Crippen LogP contribution in [0.25, 0.3) is 0 Å². The Balaban J connectivity index is 2.73. The highest BCUT2D eigenvalue weighted by Gasteiger charge is 2.34. The van der Waals surface area contributed by atoms with Gasteiger partial charge in [0.1, 0.15) is 0 Å². The van der Waals surface area contributed by atoms with E-state index in [9.17, 15) is 4.39 Å². The number of halogens is 1. The Labute approximate surface area is 85.7 Å². The number of hydrogen-bond acceptors (Lipinski definition) is 2. The Bertz CT molecular complexity index is 207. The minimum Gasteiger partial charge on any atom is -0.373 e. The minimum absolute atomic E-state index is 0.0926. The van der Waals surface area contributed by atoms with Crippen LogP contribution < -0.4 is 0 Å².